The van der Waals surface area contributed by atoms with Crippen molar-refractivity contribution in [2.24, 2.45) is 0 Å². The standard InChI is InChI=1S/C12H16N2O4/c1-9-2-3-11(12(6-9)14(15)16)13-7-10-8-17-4-5-18-10/h2-3,6,10,13H,4-5,7-8H2,1H3. The van der Waals surface area contributed by atoms with Crippen LogP contribution in [0.15, 0.2) is 18.2 Å². The molecule has 1 N–H and O–H groups in total. The number of hydrogen-bond donors (Lipinski definition) is 1. The summed E-state index contributed by atoms with van der Waals surface area (Å²) in [5.74, 6) is 0. The van der Waals surface area contributed by atoms with Gasteiger partial charge in [0.15, 0.2) is 0 Å². The molecule has 1 aromatic rings. The normalized spacial score (nSPS) is 19.5. The molecule has 98 valence electrons. The molecule has 0 spiro atoms. The maximum Gasteiger partial charge on any atom is 0.292 e. The van der Waals surface area contributed by atoms with Crippen molar-refractivity contribution < 1.29 is 14.4 Å². The average Bonchev–Trinajstić information content (AvgIpc) is 2.38. The van der Waals surface area contributed by atoms with Crippen molar-refractivity contribution >= 4 is 11.4 Å². The van der Waals surface area contributed by atoms with E-state index in [-0.39, 0.29) is 16.7 Å². The summed E-state index contributed by atoms with van der Waals surface area (Å²) in [6, 6.07) is 5.12. The minimum atomic E-state index is -0.381. The van der Waals surface area contributed by atoms with Crippen LogP contribution >= 0.6 is 0 Å². The van der Waals surface area contributed by atoms with Crippen LogP contribution in [0.3, 0.4) is 0 Å². The molecule has 1 aliphatic rings. The van der Waals surface area contributed by atoms with Gasteiger partial charge in [-0.25, -0.2) is 0 Å². The summed E-state index contributed by atoms with van der Waals surface area (Å²) < 4.78 is 10.7. The van der Waals surface area contributed by atoms with Crippen LogP contribution in [0.25, 0.3) is 0 Å². The molecule has 0 bridgehead atoms. The van der Waals surface area contributed by atoms with Gasteiger partial charge >= 0.3 is 0 Å². The van der Waals surface area contributed by atoms with E-state index in [4.69, 9.17) is 9.47 Å². The monoisotopic (exact) mass is 252 g/mol. The van der Waals surface area contributed by atoms with E-state index >= 15 is 0 Å². The van der Waals surface area contributed by atoms with Crippen LogP contribution in [-0.4, -0.2) is 37.4 Å². The molecule has 1 atom stereocenters. The van der Waals surface area contributed by atoms with Gasteiger partial charge in [-0.1, -0.05) is 6.07 Å². The lowest BCUT2D eigenvalue weighted by atomic mass is 10.2. The van der Waals surface area contributed by atoms with E-state index in [1.54, 1.807) is 12.1 Å². The average molecular weight is 252 g/mol. The number of hydrogen-bond acceptors (Lipinski definition) is 5. The largest absolute Gasteiger partial charge is 0.377 e. The van der Waals surface area contributed by atoms with E-state index in [1.807, 2.05) is 13.0 Å². The number of rotatable bonds is 4. The minimum Gasteiger partial charge on any atom is -0.377 e. The summed E-state index contributed by atoms with van der Waals surface area (Å²) in [5.41, 5.74) is 1.47. The molecular formula is C12H16N2O4. The molecule has 1 unspecified atom stereocenters. The predicted molar refractivity (Wildman–Crippen MR) is 66.9 cm³/mol. The Morgan fingerprint density at radius 1 is 1.50 bits per heavy atom. The number of anilines is 1. The number of nitrogens with zero attached hydrogens (tertiary/aromatic N) is 1. The van der Waals surface area contributed by atoms with Crippen molar-refractivity contribution in [2.75, 3.05) is 31.7 Å². The van der Waals surface area contributed by atoms with Crippen LogP contribution < -0.4 is 5.32 Å². The summed E-state index contributed by atoms with van der Waals surface area (Å²) in [6.45, 7) is 4.04. The first-order valence-electron chi connectivity index (χ1n) is 5.85. The predicted octanol–water partition coefficient (Wildman–Crippen LogP) is 1.73. The minimum absolute atomic E-state index is 0.0559. The molecule has 2 rings (SSSR count). The fourth-order valence-electron chi connectivity index (χ4n) is 1.82. The third-order valence-electron chi connectivity index (χ3n) is 2.76. The second kappa shape index (κ2) is 5.79. The number of nitrogens with one attached hydrogen (secondary N) is 1. The number of benzene rings is 1. The summed E-state index contributed by atoms with van der Waals surface area (Å²) >= 11 is 0. The smallest absolute Gasteiger partial charge is 0.292 e. The highest BCUT2D eigenvalue weighted by molar-refractivity contribution is 5.62. The Morgan fingerprint density at radius 2 is 2.33 bits per heavy atom. The molecule has 6 nitrogen and oxygen atoms in total. The summed E-state index contributed by atoms with van der Waals surface area (Å²) in [4.78, 5) is 10.6. The zero-order chi connectivity index (χ0) is 13.0. The lowest BCUT2D eigenvalue weighted by Crippen LogP contribution is -2.34. The van der Waals surface area contributed by atoms with Crippen LogP contribution in [-0.2, 0) is 9.47 Å². The molecule has 0 radical (unpaired) electrons. The number of nitro groups is 1. The molecule has 18 heavy (non-hydrogen) atoms. The van der Waals surface area contributed by atoms with E-state index in [0.29, 0.717) is 32.1 Å². The molecule has 1 aliphatic heterocycles. The number of nitro benzene ring substituents is 1. The third-order valence-corrected chi connectivity index (χ3v) is 2.76. The SMILES string of the molecule is Cc1ccc(NCC2COCCO2)c([N+](=O)[O-])c1. The molecular weight excluding hydrogens is 236 g/mol. The van der Waals surface area contributed by atoms with Gasteiger partial charge in [0, 0.05) is 12.6 Å². The molecule has 0 amide bonds. The molecule has 0 aliphatic carbocycles. The number of ether oxygens (including phenoxy) is 2. The second-order valence-corrected chi connectivity index (χ2v) is 4.23. The van der Waals surface area contributed by atoms with Crippen LogP contribution in [0.1, 0.15) is 5.56 Å². The van der Waals surface area contributed by atoms with Gasteiger partial charge in [-0.3, -0.25) is 10.1 Å². The van der Waals surface area contributed by atoms with Gasteiger partial charge in [-0.05, 0) is 18.6 Å². The third kappa shape index (κ3) is 3.18. The lowest BCUT2D eigenvalue weighted by molar-refractivity contribution is -0.384. The Hall–Kier alpha value is -1.66. The van der Waals surface area contributed by atoms with Crippen molar-refractivity contribution in [1.29, 1.82) is 0 Å². The van der Waals surface area contributed by atoms with Crippen molar-refractivity contribution in [3.8, 4) is 0 Å². The summed E-state index contributed by atoms with van der Waals surface area (Å²) in [7, 11) is 0. The molecule has 1 heterocycles. The Kier molecular flexibility index (Phi) is 4.11. The molecule has 1 saturated heterocycles. The van der Waals surface area contributed by atoms with E-state index in [9.17, 15) is 10.1 Å². The Bertz CT molecular complexity index is 430. The fourth-order valence-corrected chi connectivity index (χ4v) is 1.82. The molecule has 1 aromatic carbocycles. The van der Waals surface area contributed by atoms with Crippen LogP contribution in [0.4, 0.5) is 11.4 Å². The summed E-state index contributed by atoms with van der Waals surface area (Å²) in [6.07, 6.45) is -0.0559. The highest BCUT2D eigenvalue weighted by Gasteiger charge is 2.17. The van der Waals surface area contributed by atoms with E-state index in [0.717, 1.165) is 5.56 Å². The van der Waals surface area contributed by atoms with Gasteiger partial charge in [0.2, 0.25) is 0 Å². The lowest BCUT2D eigenvalue weighted by Gasteiger charge is -2.23. The van der Waals surface area contributed by atoms with Crippen LogP contribution in [0.2, 0.25) is 0 Å². The summed E-state index contributed by atoms with van der Waals surface area (Å²) in [5, 5.41) is 14.0. The van der Waals surface area contributed by atoms with E-state index in [1.165, 1.54) is 0 Å². The van der Waals surface area contributed by atoms with Crippen LogP contribution in [0, 0.1) is 17.0 Å². The van der Waals surface area contributed by atoms with E-state index in [2.05, 4.69) is 5.32 Å². The molecule has 0 aromatic heterocycles. The van der Waals surface area contributed by atoms with Gasteiger partial charge in [-0.2, -0.15) is 0 Å². The van der Waals surface area contributed by atoms with Crippen LogP contribution in [0.5, 0.6) is 0 Å². The first-order valence-corrected chi connectivity index (χ1v) is 5.85. The van der Waals surface area contributed by atoms with Crippen molar-refractivity contribution in [2.45, 2.75) is 13.0 Å². The van der Waals surface area contributed by atoms with Gasteiger partial charge in [0.05, 0.1) is 30.8 Å². The fraction of sp³-hybridized carbons (Fsp3) is 0.500. The maximum absolute atomic E-state index is 10.9. The quantitative estimate of drug-likeness (QED) is 0.652. The number of aryl methyl sites for hydroxylation is 1. The highest BCUT2D eigenvalue weighted by Crippen LogP contribution is 2.25. The Balaban J connectivity index is 2.01. The van der Waals surface area contributed by atoms with Gasteiger partial charge in [0.1, 0.15) is 5.69 Å². The van der Waals surface area contributed by atoms with Gasteiger partial charge < -0.3 is 14.8 Å². The molecule has 0 saturated carbocycles. The van der Waals surface area contributed by atoms with Crippen molar-refractivity contribution in [3.05, 3.63) is 33.9 Å². The molecule has 6 heteroatoms. The van der Waals surface area contributed by atoms with E-state index < -0.39 is 0 Å². The zero-order valence-electron chi connectivity index (χ0n) is 10.2. The Labute approximate surface area is 105 Å². The second-order valence-electron chi connectivity index (χ2n) is 4.23. The topological polar surface area (TPSA) is 73.6 Å². The zero-order valence-corrected chi connectivity index (χ0v) is 10.2. The van der Waals surface area contributed by atoms with Gasteiger partial charge in [0.25, 0.3) is 5.69 Å². The Morgan fingerprint density at radius 3 is 3.00 bits per heavy atom. The first-order chi connectivity index (χ1) is 8.66. The van der Waals surface area contributed by atoms with Crippen molar-refractivity contribution in [3.63, 3.8) is 0 Å². The highest BCUT2D eigenvalue weighted by atomic mass is 16.6. The maximum atomic E-state index is 10.9. The van der Waals surface area contributed by atoms with Crippen molar-refractivity contribution in [1.82, 2.24) is 0 Å². The van der Waals surface area contributed by atoms with Gasteiger partial charge in [-0.15, -0.1) is 0 Å². The first kappa shape index (κ1) is 12.8. The molecule has 1 fully saturated rings.